The quantitative estimate of drug-likeness (QED) is 0.490. The second-order valence-corrected chi connectivity index (χ2v) is 6.41. The molecule has 0 unspecified atom stereocenters. The molecule has 2 aromatic carbocycles. The van der Waals surface area contributed by atoms with Gasteiger partial charge in [0.15, 0.2) is 0 Å². The van der Waals surface area contributed by atoms with E-state index in [0.717, 1.165) is 22.9 Å². The number of imidazole rings is 1. The summed E-state index contributed by atoms with van der Waals surface area (Å²) < 4.78 is 9.07. The monoisotopic (exact) mass is 364 g/mol. The van der Waals surface area contributed by atoms with Gasteiger partial charge in [0.1, 0.15) is 11.4 Å². The molecule has 4 rings (SSSR count). The Labute approximate surface area is 154 Å². The summed E-state index contributed by atoms with van der Waals surface area (Å²) in [6.07, 6.45) is 5.47. The van der Waals surface area contributed by atoms with Crippen LogP contribution >= 0.6 is 11.8 Å². The van der Waals surface area contributed by atoms with Crippen molar-refractivity contribution in [2.75, 3.05) is 7.11 Å². The van der Waals surface area contributed by atoms with Crippen LogP contribution in [0.3, 0.4) is 0 Å². The van der Waals surface area contributed by atoms with Crippen molar-refractivity contribution in [1.29, 1.82) is 0 Å². The van der Waals surface area contributed by atoms with Crippen LogP contribution in [-0.2, 0) is 5.75 Å². The number of thioether (sulfide) groups is 1. The molecule has 2 heterocycles. The Bertz CT molecular complexity index is 981. The van der Waals surface area contributed by atoms with Gasteiger partial charge >= 0.3 is 0 Å². The molecule has 130 valence electrons. The zero-order valence-electron chi connectivity index (χ0n) is 14.1. The van der Waals surface area contributed by atoms with Crippen molar-refractivity contribution in [3.8, 4) is 17.1 Å². The molecular formula is C18H16N6OS. The molecule has 0 atom stereocenters. The minimum atomic E-state index is 0.716. The fourth-order valence-corrected chi connectivity index (χ4v) is 3.39. The molecule has 0 N–H and O–H groups in total. The van der Waals surface area contributed by atoms with Gasteiger partial charge in [-0.05, 0) is 40.3 Å². The Morgan fingerprint density at radius 3 is 2.69 bits per heavy atom. The molecule has 0 radical (unpaired) electrons. The Kier molecular flexibility index (Phi) is 4.65. The Hall–Kier alpha value is -3.13. The molecule has 0 aliphatic rings. The highest BCUT2D eigenvalue weighted by Crippen LogP contribution is 2.27. The Morgan fingerprint density at radius 2 is 1.92 bits per heavy atom. The molecule has 0 saturated heterocycles. The summed E-state index contributed by atoms with van der Waals surface area (Å²) in [6.45, 7) is 0. The molecule has 0 aliphatic carbocycles. The van der Waals surface area contributed by atoms with Crippen molar-refractivity contribution in [3.05, 3.63) is 72.8 Å². The summed E-state index contributed by atoms with van der Waals surface area (Å²) in [5, 5.41) is 12.8. The summed E-state index contributed by atoms with van der Waals surface area (Å²) in [6, 6.07) is 16.0. The van der Waals surface area contributed by atoms with Gasteiger partial charge in [-0.3, -0.25) is 0 Å². The molecular weight excluding hydrogens is 348 g/mol. The van der Waals surface area contributed by atoms with Crippen LogP contribution in [0.25, 0.3) is 11.4 Å². The van der Waals surface area contributed by atoms with Crippen LogP contribution in [0, 0.1) is 0 Å². The number of methoxy groups -OCH3 is 1. The maximum Gasteiger partial charge on any atom is 0.214 e. The van der Waals surface area contributed by atoms with Gasteiger partial charge < -0.3 is 9.30 Å². The number of tetrazole rings is 1. The van der Waals surface area contributed by atoms with Crippen LogP contribution in [0.5, 0.6) is 5.75 Å². The third kappa shape index (κ3) is 3.31. The van der Waals surface area contributed by atoms with Crippen molar-refractivity contribution in [3.63, 3.8) is 0 Å². The molecule has 0 amide bonds. The molecule has 2 aromatic heterocycles. The first-order chi connectivity index (χ1) is 12.8. The van der Waals surface area contributed by atoms with Gasteiger partial charge in [-0.25, -0.2) is 4.98 Å². The zero-order valence-corrected chi connectivity index (χ0v) is 14.9. The van der Waals surface area contributed by atoms with Crippen LogP contribution in [-0.4, -0.2) is 36.9 Å². The van der Waals surface area contributed by atoms with Crippen LogP contribution in [0.4, 0.5) is 0 Å². The number of para-hydroxylation sites is 2. The van der Waals surface area contributed by atoms with E-state index in [0.29, 0.717) is 5.16 Å². The van der Waals surface area contributed by atoms with Crippen LogP contribution in [0.2, 0.25) is 0 Å². The minimum Gasteiger partial charge on any atom is -0.494 e. The van der Waals surface area contributed by atoms with Crippen molar-refractivity contribution in [2.24, 2.45) is 0 Å². The van der Waals surface area contributed by atoms with E-state index in [1.54, 1.807) is 36.1 Å². The largest absolute Gasteiger partial charge is 0.494 e. The van der Waals surface area contributed by atoms with Crippen molar-refractivity contribution >= 4 is 11.8 Å². The lowest BCUT2D eigenvalue weighted by molar-refractivity contribution is 0.410. The smallest absolute Gasteiger partial charge is 0.214 e. The Morgan fingerprint density at radius 1 is 1.08 bits per heavy atom. The number of hydrogen-bond donors (Lipinski definition) is 0. The zero-order chi connectivity index (χ0) is 17.8. The second kappa shape index (κ2) is 7.40. The molecule has 0 saturated carbocycles. The molecule has 4 aromatic rings. The maximum atomic E-state index is 5.40. The van der Waals surface area contributed by atoms with Crippen molar-refractivity contribution < 1.29 is 4.74 Å². The number of hydrogen-bond acceptors (Lipinski definition) is 6. The molecule has 26 heavy (non-hydrogen) atoms. The highest BCUT2D eigenvalue weighted by atomic mass is 32.2. The normalized spacial score (nSPS) is 10.8. The first-order valence-corrected chi connectivity index (χ1v) is 8.95. The second-order valence-electron chi connectivity index (χ2n) is 5.47. The lowest BCUT2D eigenvalue weighted by Gasteiger charge is -2.09. The lowest BCUT2D eigenvalue weighted by atomic mass is 10.2. The highest BCUT2D eigenvalue weighted by molar-refractivity contribution is 7.98. The topological polar surface area (TPSA) is 70.7 Å². The number of aromatic nitrogens is 6. The van der Waals surface area contributed by atoms with E-state index in [1.165, 1.54) is 5.56 Å². The van der Waals surface area contributed by atoms with Gasteiger partial charge in [0, 0.05) is 23.8 Å². The summed E-state index contributed by atoms with van der Waals surface area (Å²) in [5.41, 5.74) is 3.08. The lowest BCUT2D eigenvalue weighted by Crippen LogP contribution is -2.01. The third-order valence-electron chi connectivity index (χ3n) is 3.86. The summed E-state index contributed by atoms with van der Waals surface area (Å²) in [7, 11) is 1.64. The molecule has 0 bridgehead atoms. The average molecular weight is 364 g/mol. The van der Waals surface area contributed by atoms with Gasteiger partial charge in [-0.15, -0.1) is 5.10 Å². The number of benzene rings is 2. The fraction of sp³-hybridized carbons (Fsp3) is 0.111. The first-order valence-electron chi connectivity index (χ1n) is 7.97. The summed E-state index contributed by atoms with van der Waals surface area (Å²) in [4.78, 5) is 4.07. The van der Waals surface area contributed by atoms with Crippen molar-refractivity contribution in [2.45, 2.75) is 10.9 Å². The van der Waals surface area contributed by atoms with Crippen LogP contribution < -0.4 is 4.74 Å². The highest BCUT2D eigenvalue weighted by Gasteiger charge is 2.13. The van der Waals surface area contributed by atoms with Crippen LogP contribution in [0.1, 0.15) is 5.56 Å². The standard InChI is InChI=1S/C18H16N6OS/c1-25-17-5-3-2-4-16(17)24-18(20-21-22-24)26-12-14-6-8-15(9-7-14)23-11-10-19-13-23/h2-11,13H,12H2,1H3. The minimum absolute atomic E-state index is 0.716. The van der Waals surface area contributed by atoms with E-state index in [4.69, 9.17) is 4.74 Å². The number of rotatable bonds is 6. The SMILES string of the molecule is COc1ccccc1-n1nnnc1SCc1ccc(-n2ccnc2)cc1. The van der Waals surface area contributed by atoms with Gasteiger partial charge in [0.05, 0.1) is 13.4 Å². The number of ether oxygens (including phenoxy) is 1. The molecule has 8 heteroatoms. The van der Waals surface area contributed by atoms with Gasteiger partial charge in [-0.2, -0.15) is 4.68 Å². The summed E-state index contributed by atoms with van der Waals surface area (Å²) in [5.74, 6) is 1.49. The molecule has 0 spiro atoms. The maximum absolute atomic E-state index is 5.40. The predicted molar refractivity (Wildman–Crippen MR) is 98.8 cm³/mol. The summed E-state index contributed by atoms with van der Waals surface area (Å²) >= 11 is 1.58. The van der Waals surface area contributed by atoms with E-state index in [2.05, 4.69) is 44.8 Å². The van der Waals surface area contributed by atoms with Crippen LogP contribution in [0.15, 0.2) is 72.4 Å². The fourth-order valence-electron chi connectivity index (χ4n) is 2.55. The molecule has 0 aliphatic heterocycles. The van der Waals surface area contributed by atoms with E-state index in [1.807, 2.05) is 35.0 Å². The molecule has 0 fully saturated rings. The van der Waals surface area contributed by atoms with E-state index < -0.39 is 0 Å². The van der Waals surface area contributed by atoms with Gasteiger partial charge in [-0.1, -0.05) is 36.0 Å². The van der Waals surface area contributed by atoms with Gasteiger partial charge in [0.25, 0.3) is 0 Å². The average Bonchev–Trinajstić information content (AvgIpc) is 3.38. The van der Waals surface area contributed by atoms with E-state index >= 15 is 0 Å². The predicted octanol–water partition coefficient (Wildman–Crippen LogP) is 3.15. The third-order valence-corrected chi connectivity index (χ3v) is 4.85. The van der Waals surface area contributed by atoms with E-state index in [-0.39, 0.29) is 0 Å². The first kappa shape index (κ1) is 16.3. The van der Waals surface area contributed by atoms with Crippen molar-refractivity contribution in [1.82, 2.24) is 29.8 Å². The van der Waals surface area contributed by atoms with E-state index in [9.17, 15) is 0 Å². The number of nitrogens with zero attached hydrogens (tertiary/aromatic N) is 6. The Balaban J connectivity index is 1.50. The molecule has 7 nitrogen and oxygen atoms in total. The van der Waals surface area contributed by atoms with Gasteiger partial charge in [0.2, 0.25) is 5.16 Å².